The van der Waals surface area contributed by atoms with E-state index in [0.29, 0.717) is 5.69 Å². The molecule has 1 aliphatic rings. The lowest BCUT2D eigenvalue weighted by Gasteiger charge is -2.01. The smallest absolute Gasteiger partial charge is 0.0879 e. The zero-order valence-electron chi connectivity index (χ0n) is 8.40. The third-order valence-corrected chi connectivity index (χ3v) is 2.92. The molecule has 0 bridgehead atoms. The topological polar surface area (TPSA) is 54.7 Å². The SMILES string of the molecule is Nc1cn[nH]c1-c1ccc(C2CC2)cc1. The van der Waals surface area contributed by atoms with Crippen LogP contribution >= 0.6 is 0 Å². The van der Waals surface area contributed by atoms with Crippen LogP contribution in [-0.4, -0.2) is 10.2 Å². The van der Waals surface area contributed by atoms with Crippen LogP contribution in [0.25, 0.3) is 11.3 Å². The first kappa shape index (κ1) is 8.53. The van der Waals surface area contributed by atoms with E-state index in [4.69, 9.17) is 5.73 Å². The second-order valence-corrected chi connectivity index (χ2v) is 4.10. The summed E-state index contributed by atoms with van der Waals surface area (Å²) in [5.74, 6) is 0.804. The van der Waals surface area contributed by atoms with Crippen molar-refractivity contribution in [1.82, 2.24) is 10.2 Å². The lowest BCUT2D eigenvalue weighted by molar-refractivity contribution is 1.09. The van der Waals surface area contributed by atoms with Gasteiger partial charge in [0.2, 0.25) is 0 Å². The number of H-pyrrole nitrogens is 1. The van der Waals surface area contributed by atoms with Crippen LogP contribution in [-0.2, 0) is 0 Å². The van der Waals surface area contributed by atoms with E-state index in [2.05, 4.69) is 34.5 Å². The molecule has 1 aromatic carbocycles. The number of nitrogens with one attached hydrogen (secondary N) is 1. The first-order chi connectivity index (χ1) is 7.34. The van der Waals surface area contributed by atoms with Crippen LogP contribution in [0.3, 0.4) is 0 Å². The summed E-state index contributed by atoms with van der Waals surface area (Å²) in [6, 6.07) is 8.59. The van der Waals surface area contributed by atoms with Crippen LogP contribution in [0.2, 0.25) is 0 Å². The number of nitrogen functional groups attached to an aromatic ring is 1. The molecule has 0 aliphatic heterocycles. The van der Waals surface area contributed by atoms with Gasteiger partial charge in [0, 0.05) is 5.56 Å². The Hall–Kier alpha value is -1.77. The third-order valence-electron chi connectivity index (χ3n) is 2.92. The van der Waals surface area contributed by atoms with Gasteiger partial charge in [0.05, 0.1) is 17.6 Å². The number of nitrogens with two attached hydrogens (primary N) is 1. The molecule has 1 fully saturated rings. The van der Waals surface area contributed by atoms with E-state index in [1.807, 2.05) is 0 Å². The fourth-order valence-corrected chi connectivity index (χ4v) is 1.87. The Labute approximate surface area is 88.3 Å². The molecular formula is C12H13N3. The Morgan fingerprint density at radius 3 is 2.47 bits per heavy atom. The van der Waals surface area contributed by atoms with E-state index in [-0.39, 0.29) is 0 Å². The maximum absolute atomic E-state index is 5.79. The van der Waals surface area contributed by atoms with Gasteiger partial charge in [0.25, 0.3) is 0 Å². The van der Waals surface area contributed by atoms with Gasteiger partial charge in [-0.15, -0.1) is 0 Å². The Balaban J connectivity index is 1.96. The Morgan fingerprint density at radius 2 is 1.93 bits per heavy atom. The first-order valence-electron chi connectivity index (χ1n) is 5.24. The maximum atomic E-state index is 5.79. The van der Waals surface area contributed by atoms with E-state index in [9.17, 15) is 0 Å². The molecule has 3 rings (SSSR count). The second kappa shape index (κ2) is 3.12. The van der Waals surface area contributed by atoms with Crippen LogP contribution in [0.1, 0.15) is 24.3 Å². The summed E-state index contributed by atoms with van der Waals surface area (Å²) in [4.78, 5) is 0. The van der Waals surface area contributed by atoms with Crippen LogP contribution in [0, 0.1) is 0 Å². The minimum atomic E-state index is 0.703. The van der Waals surface area contributed by atoms with Gasteiger partial charge in [0.1, 0.15) is 0 Å². The Kier molecular flexibility index (Phi) is 1.78. The molecule has 0 spiro atoms. The fraction of sp³-hybridized carbons (Fsp3) is 0.250. The number of rotatable bonds is 2. The summed E-state index contributed by atoms with van der Waals surface area (Å²) in [5, 5.41) is 6.83. The van der Waals surface area contributed by atoms with Gasteiger partial charge < -0.3 is 5.73 Å². The molecule has 0 saturated heterocycles. The van der Waals surface area contributed by atoms with Gasteiger partial charge in [-0.1, -0.05) is 24.3 Å². The highest BCUT2D eigenvalue weighted by atomic mass is 15.1. The highest BCUT2D eigenvalue weighted by molar-refractivity contribution is 5.71. The molecule has 1 aromatic heterocycles. The summed E-state index contributed by atoms with van der Waals surface area (Å²) < 4.78 is 0. The summed E-state index contributed by atoms with van der Waals surface area (Å²) in [7, 11) is 0. The first-order valence-corrected chi connectivity index (χ1v) is 5.24. The number of aromatic nitrogens is 2. The zero-order chi connectivity index (χ0) is 10.3. The average Bonchev–Trinajstić information content (AvgIpc) is 3.02. The zero-order valence-corrected chi connectivity index (χ0v) is 8.40. The highest BCUT2D eigenvalue weighted by Gasteiger charge is 2.23. The number of hydrogen-bond acceptors (Lipinski definition) is 2. The average molecular weight is 199 g/mol. The van der Waals surface area contributed by atoms with Gasteiger partial charge in [-0.05, 0) is 24.3 Å². The number of anilines is 1. The van der Waals surface area contributed by atoms with Crippen molar-refractivity contribution in [3.63, 3.8) is 0 Å². The standard InChI is InChI=1S/C12H13N3/c13-11-7-14-15-12(11)10-5-3-9(4-6-10)8-1-2-8/h3-8H,1-2,13H2,(H,14,15). The van der Waals surface area contributed by atoms with Gasteiger partial charge in [-0.2, -0.15) is 5.10 Å². The molecule has 2 aromatic rings. The summed E-state index contributed by atoms with van der Waals surface area (Å²) in [6.07, 6.45) is 4.32. The molecule has 0 unspecified atom stereocenters. The van der Waals surface area contributed by atoms with Crippen molar-refractivity contribution < 1.29 is 0 Å². The van der Waals surface area contributed by atoms with Gasteiger partial charge >= 0.3 is 0 Å². The second-order valence-electron chi connectivity index (χ2n) is 4.10. The lowest BCUT2D eigenvalue weighted by atomic mass is 10.1. The maximum Gasteiger partial charge on any atom is 0.0879 e. The van der Waals surface area contributed by atoms with Crippen molar-refractivity contribution in [2.24, 2.45) is 0 Å². The molecule has 1 aliphatic carbocycles. The number of benzene rings is 1. The molecular weight excluding hydrogens is 186 g/mol. The van der Waals surface area contributed by atoms with Crippen LogP contribution in [0.5, 0.6) is 0 Å². The fourth-order valence-electron chi connectivity index (χ4n) is 1.87. The number of nitrogens with zero attached hydrogens (tertiary/aromatic N) is 1. The Bertz CT molecular complexity index is 466. The predicted molar refractivity (Wildman–Crippen MR) is 60.4 cm³/mol. The highest BCUT2D eigenvalue weighted by Crippen LogP contribution is 2.40. The molecule has 3 N–H and O–H groups in total. The minimum absolute atomic E-state index is 0.703. The van der Waals surface area contributed by atoms with Crippen LogP contribution in [0.4, 0.5) is 5.69 Å². The van der Waals surface area contributed by atoms with Gasteiger partial charge in [-0.25, -0.2) is 0 Å². The molecule has 76 valence electrons. The van der Waals surface area contributed by atoms with E-state index < -0.39 is 0 Å². The molecule has 1 heterocycles. The van der Waals surface area contributed by atoms with Crippen molar-refractivity contribution in [1.29, 1.82) is 0 Å². The summed E-state index contributed by atoms with van der Waals surface area (Å²) >= 11 is 0. The van der Waals surface area contributed by atoms with Crippen molar-refractivity contribution >= 4 is 5.69 Å². The lowest BCUT2D eigenvalue weighted by Crippen LogP contribution is -1.87. The van der Waals surface area contributed by atoms with Crippen molar-refractivity contribution in [2.45, 2.75) is 18.8 Å². The number of aromatic amines is 1. The predicted octanol–water partition coefficient (Wildman–Crippen LogP) is 2.54. The summed E-state index contributed by atoms with van der Waals surface area (Å²) in [5.41, 5.74) is 9.95. The van der Waals surface area contributed by atoms with E-state index in [1.165, 1.54) is 18.4 Å². The van der Waals surface area contributed by atoms with Gasteiger partial charge in [-0.3, -0.25) is 5.10 Å². The number of hydrogen-bond donors (Lipinski definition) is 2. The van der Waals surface area contributed by atoms with Crippen molar-refractivity contribution in [3.05, 3.63) is 36.0 Å². The normalized spacial score (nSPS) is 15.5. The minimum Gasteiger partial charge on any atom is -0.396 e. The van der Waals surface area contributed by atoms with Crippen LogP contribution in [0.15, 0.2) is 30.5 Å². The third kappa shape index (κ3) is 1.50. The van der Waals surface area contributed by atoms with E-state index >= 15 is 0 Å². The van der Waals surface area contributed by atoms with Crippen molar-refractivity contribution in [3.8, 4) is 11.3 Å². The molecule has 3 heteroatoms. The van der Waals surface area contributed by atoms with E-state index in [0.717, 1.165) is 17.2 Å². The van der Waals surface area contributed by atoms with E-state index in [1.54, 1.807) is 6.20 Å². The monoisotopic (exact) mass is 199 g/mol. The van der Waals surface area contributed by atoms with Gasteiger partial charge in [0.15, 0.2) is 0 Å². The molecule has 3 nitrogen and oxygen atoms in total. The molecule has 0 radical (unpaired) electrons. The molecule has 1 saturated carbocycles. The largest absolute Gasteiger partial charge is 0.396 e. The molecule has 0 atom stereocenters. The molecule has 15 heavy (non-hydrogen) atoms. The van der Waals surface area contributed by atoms with Crippen LogP contribution < -0.4 is 5.73 Å². The Morgan fingerprint density at radius 1 is 1.20 bits per heavy atom. The summed E-state index contributed by atoms with van der Waals surface area (Å²) in [6.45, 7) is 0. The molecule has 0 amide bonds. The van der Waals surface area contributed by atoms with Crippen molar-refractivity contribution in [2.75, 3.05) is 5.73 Å². The quantitative estimate of drug-likeness (QED) is 0.780.